The van der Waals surface area contributed by atoms with E-state index in [9.17, 15) is 20.2 Å². The minimum Gasteiger partial charge on any atom is -0.378 e. The van der Waals surface area contributed by atoms with Crippen molar-refractivity contribution in [3.63, 3.8) is 0 Å². The molecule has 0 unspecified atom stereocenters. The molecule has 0 heterocycles. The highest BCUT2D eigenvalue weighted by Crippen LogP contribution is 2.36. The lowest BCUT2D eigenvalue weighted by Crippen LogP contribution is -2.08. The predicted octanol–water partition coefficient (Wildman–Crippen LogP) is 3.31. The standard InChI is InChI=1S/C14H14N4O4/c1-16(2)11-6-3-5-10(9-11)15-14-12(17(19)20)7-4-8-13(14)18(21)22/h3-9,15H,1-2H3. The molecule has 0 aliphatic heterocycles. The number of para-hydroxylation sites is 1. The van der Waals surface area contributed by atoms with Gasteiger partial charge in [0.1, 0.15) is 0 Å². The smallest absolute Gasteiger partial charge is 0.299 e. The molecule has 114 valence electrons. The highest BCUT2D eigenvalue weighted by atomic mass is 16.6. The van der Waals surface area contributed by atoms with E-state index in [4.69, 9.17) is 0 Å². The van der Waals surface area contributed by atoms with Gasteiger partial charge < -0.3 is 10.2 Å². The molecular weight excluding hydrogens is 288 g/mol. The molecule has 1 N–H and O–H groups in total. The number of anilines is 3. The van der Waals surface area contributed by atoms with Crippen LogP contribution in [0.1, 0.15) is 0 Å². The molecule has 0 amide bonds. The minimum atomic E-state index is -0.648. The first-order valence-corrected chi connectivity index (χ1v) is 6.36. The van der Waals surface area contributed by atoms with Crippen LogP contribution in [0, 0.1) is 20.2 Å². The van der Waals surface area contributed by atoms with Gasteiger partial charge in [-0.05, 0) is 24.3 Å². The second-order valence-corrected chi connectivity index (χ2v) is 4.76. The molecule has 2 aromatic rings. The summed E-state index contributed by atoms with van der Waals surface area (Å²) in [5.41, 5.74) is 0.581. The molecule has 8 heteroatoms. The summed E-state index contributed by atoms with van der Waals surface area (Å²) in [6.45, 7) is 0. The number of hydrogen-bond acceptors (Lipinski definition) is 6. The Morgan fingerprint density at radius 1 is 0.955 bits per heavy atom. The van der Waals surface area contributed by atoms with E-state index in [-0.39, 0.29) is 17.1 Å². The Kier molecular flexibility index (Phi) is 4.21. The van der Waals surface area contributed by atoms with E-state index >= 15 is 0 Å². The third-order valence-corrected chi connectivity index (χ3v) is 3.05. The maximum atomic E-state index is 11.1. The molecule has 0 radical (unpaired) electrons. The van der Waals surface area contributed by atoms with Crippen molar-refractivity contribution in [3.05, 3.63) is 62.7 Å². The zero-order valence-electron chi connectivity index (χ0n) is 12.0. The van der Waals surface area contributed by atoms with Crippen LogP contribution in [0.25, 0.3) is 0 Å². The minimum absolute atomic E-state index is 0.131. The van der Waals surface area contributed by atoms with Gasteiger partial charge in [0.15, 0.2) is 5.69 Å². The summed E-state index contributed by atoms with van der Waals surface area (Å²) >= 11 is 0. The summed E-state index contributed by atoms with van der Waals surface area (Å²) in [7, 11) is 3.71. The molecule has 0 aliphatic rings. The summed E-state index contributed by atoms with van der Waals surface area (Å²) in [4.78, 5) is 22.8. The summed E-state index contributed by atoms with van der Waals surface area (Å²) in [5.74, 6) is 0. The van der Waals surface area contributed by atoms with Crippen LogP contribution in [-0.2, 0) is 0 Å². The Hall–Kier alpha value is -3.16. The number of rotatable bonds is 5. The fourth-order valence-electron chi connectivity index (χ4n) is 1.97. The van der Waals surface area contributed by atoms with Crippen molar-refractivity contribution in [1.29, 1.82) is 0 Å². The van der Waals surface area contributed by atoms with Crippen molar-refractivity contribution in [2.75, 3.05) is 24.3 Å². The van der Waals surface area contributed by atoms with E-state index in [1.165, 1.54) is 18.2 Å². The van der Waals surface area contributed by atoms with Crippen molar-refractivity contribution in [2.24, 2.45) is 0 Å². The fraction of sp³-hybridized carbons (Fsp3) is 0.143. The molecule has 0 bridgehead atoms. The number of nitro groups is 2. The van der Waals surface area contributed by atoms with Gasteiger partial charge in [-0.1, -0.05) is 6.07 Å². The molecule has 2 aromatic carbocycles. The van der Waals surface area contributed by atoms with Gasteiger partial charge in [0.2, 0.25) is 0 Å². The average Bonchev–Trinajstić information content (AvgIpc) is 2.47. The Morgan fingerprint density at radius 3 is 2.00 bits per heavy atom. The van der Waals surface area contributed by atoms with Gasteiger partial charge in [-0.25, -0.2) is 0 Å². The van der Waals surface area contributed by atoms with Gasteiger partial charge in [0.05, 0.1) is 9.85 Å². The number of hydrogen-bond donors (Lipinski definition) is 1. The van der Waals surface area contributed by atoms with E-state index in [0.717, 1.165) is 5.69 Å². The largest absolute Gasteiger partial charge is 0.378 e. The lowest BCUT2D eigenvalue weighted by molar-refractivity contribution is -0.392. The topological polar surface area (TPSA) is 102 Å². The zero-order valence-corrected chi connectivity index (χ0v) is 12.0. The molecule has 0 saturated carbocycles. The van der Waals surface area contributed by atoms with Gasteiger partial charge in [0, 0.05) is 37.6 Å². The number of nitrogens with zero attached hydrogens (tertiary/aromatic N) is 3. The second-order valence-electron chi connectivity index (χ2n) is 4.76. The zero-order chi connectivity index (χ0) is 16.3. The van der Waals surface area contributed by atoms with E-state index in [0.29, 0.717) is 5.69 Å². The molecule has 8 nitrogen and oxygen atoms in total. The highest BCUT2D eigenvalue weighted by molar-refractivity contribution is 5.79. The van der Waals surface area contributed by atoms with Crippen molar-refractivity contribution < 1.29 is 9.85 Å². The molecule has 0 saturated heterocycles. The van der Waals surface area contributed by atoms with Crippen LogP contribution in [0.15, 0.2) is 42.5 Å². The Morgan fingerprint density at radius 2 is 1.50 bits per heavy atom. The maximum absolute atomic E-state index is 11.1. The lowest BCUT2D eigenvalue weighted by Gasteiger charge is -2.14. The Balaban J connectivity index is 2.50. The number of nitro benzene ring substituents is 2. The summed E-state index contributed by atoms with van der Waals surface area (Å²) in [5, 5.41) is 25.0. The number of benzene rings is 2. The van der Waals surface area contributed by atoms with Crippen LogP contribution in [0.5, 0.6) is 0 Å². The van der Waals surface area contributed by atoms with E-state index in [1.807, 2.05) is 25.1 Å². The van der Waals surface area contributed by atoms with E-state index in [1.54, 1.807) is 18.2 Å². The number of nitrogens with one attached hydrogen (secondary N) is 1. The van der Waals surface area contributed by atoms with Crippen LogP contribution in [0.2, 0.25) is 0 Å². The fourth-order valence-corrected chi connectivity index (χ4v) is 1.97. The quantitative estimate of drug-likeness (QED) is 0.671. The second kappa shape index (κ2) is 6.08. The summed E-state index contributed by atoms with van der Waals surface area (Å²) in [6.07, 6.45) is 0. The van der Waals surface area contributed by atoms with Gasteiger partial charge in [0.25, 0.3) is 11.4 Å². The SMILES string of the molecule is CN(C)c1cccc(Nc2c([N+](=O)[O-])cccc2[N+](=O)[O-])c1. The first kappa shape index (κ1) is 15.2. The monoisotopic (exact) mass is 302 g/mol. The van der Waals surface area contributed by atoms with Gasteiger partial charge in [-0.15, -0.1) is 0 Å². The molecule has 0 spiro atoms. The first-order chi connectivity index (χ1) is 10.4. The molecular formula is C14H14N4O4. The van der Waals surface area contributed by atoms with Crippen molar-refractivity contribution in [1.82, 2.24) is 0 Å². The Labute approximate surface area is 126 Å². The lowest BCUT2D eigenvalue weighted by atomic mass is 10.2. The maximum Gasteiger partial charge on any atom is 0.299 e. The summed E-state index contributed by atoms with van der Waals surface area (Å²) < 4.78 is 0. The normalized spacial score (nSPS) is 10.1. The van der Waals surface area contributed by atoms with Crippen molar-refractivity contribution in [3.8, 4) is 0 Å². The molecule has 0 aromatic heterocycles. The first-order valence-electron chi connectivity index (χ1n) is 6.36. The van der Waals surface area contributed by atoms with Crippen LogP contribution >= 0.6 is 0 Å². The molecule has 0 aliphatic carbocycles. The van der Waals surface area contributed by atoms with Crippen molar-refractivity contribution in [2.45, 2.75) is 0 Å². The van der Waals surface area contributed by atoms with Gasteiger partial charge in [-0.3, -0.25) is 20.2 Å². The van der Waals surface area contributed by atoms with Gasteiger partial charge in [-0.2, -0.15) is 0 Å². The van der Waals surface area contributed by atoms with Crippen LogP contribution in [0.3, 0.4) is 0 Å². The van der Waals surface area contributed by atoms with E-state index < -0.39 is 9.85 Å². The van der Waals surface area contributed by atoms with Crippen LogP contribution < -0.4 is 10.2 Å². The molecule has 0 atom stereocenters. The third kappa shape index (κ3) is 3.11. The molecule has 2 rings (SSSR count). The third-order valence-electron chi connectivity index (χ3n) is 3.05. The van der Waals surface area contributed by atoms with Crippen LogP contribution in [-0.4, -0.2) is 23.9 Å². The highest BCUT2D eigenvalue weighted by Gasteiger charge is 2.24. The predicted molar refractivity (Wildman–Crippen MR) is 83.8 cm³/mol. The Bertz CT molecular complexity index is 698. The van der Waals surface area contributed by atoms with Crippen molar-refractivity contribution >= 4 is 28.4 Å². The summed E-state index contributed by atoms with van der Waals surface area (Å²) in [6, 6.07) is 10.8. The van der Waals surface area contributed by atoms with E-state index in [2.05, 4.69) is 5.32 Å². The molecule has 0 fully saturated rings. The van der Waals surface area contributed by atoms with Gasteiger partial charge >= 0.3 is 0 Å². The molecule has 22 heavy (non-hydrogen) atoms. The average molecular weight is 302 g/mol. The van der Waals surface area contributed by atoms with Crippen LogP contribution in [0.4, 0.5) is 28.4 Å².